The van der Waals surface area contributed by atoms with Gasteiger partial charge in [0.2, 0.25) is 0 Å². The lowest BCUT2D eigenvalue weighted by atomic mass is 10.1. The summed E-state index contributed by atoms with van der Waals surface area (Å²) in [5, 5.41) is 6.90. The number of carbonyl (C=O) groups is 1. The second-order valence-corrected chi connectivity index (χ2v) is 7.14. The van der Waals surface area contributed by atoms with Crippen LogP contribution in [0.3, 0.4) is 0 Å². The quantitative estimate of drug-likeness (QED) is 0.535. The summed E-state index contributed by atoms with van der Waals surface area (Å²) < 4.78 is 15.4. The molecule has 1 aliphatic rings. The molecule has 1 aromatic heterocycles. The highest BCUT2D eigenvalue weighted by Crippen LogP contribution is 2.13. The van der Waals surface area contributed by atoms with Crippen LogP contribution in [0, 0.1) is 0 Å². The number of furan rings is 1. The molecule has 0 atom stereocenters. The van der Waals surface area contributed by atoms with Crippen molar-refractivity contribution in [3.8, 4) is 5.75 Å². The highest BCUT2D eigenvalue weighted by Gasteiger charge is 2.23. The molecule has 2 aromatic rings. The zero-order valence-electron chi connectivity index (χ0n) is 17.6. The highest BCUT2D eigenvalue weighted by molar-refractivity contribution is 5.80. The minimum absolute atomic E-state index is 0.247. The molecule has 162 valence electrons. The van der Waals surface area contributed by atoms with Crippen molar-refractivity contribution in [3.05, 3.63) is 54.0 Å². The number of rotatable bonds is 7. The maximum Gasteiger partial charge on any atom is 0.409 e. The molecule has 0 spiro atoms. The van der Waals surface area contributed by atoms with Gasteiger partial charge in [-0.25, -0.2) is 9.79 Å². The molecule has 0 radical (unpaired) electrons. The zero-order chi connectivity index (χ0) is 21.2. The normalized spacial score (nSPS) is 15.0. The van der Waals surface area contributed by atoms with Crippen molar-refractivity contribution < 1.29 is 18.7 Å². The highest BCUT2D eigenvalue weighted by atomic mass is 16.5. The summed E-state index contributed by atoms with van der Waals surface area (Å²) in [7, 11) is 3.07. The fourth-order valence-electron chi connectivity index (χ4n) is 3.34. The number of ether oxygens (including phenoxy) is 2. The van der Waals surface area contributed by atoms with Gasteiger partial charge in [0.1, 0.15) is 11.5 Å². The number of hydrogen-bond donors (Lipinski definition) is 2. The van der Waals surface area contributed by atoms with Crippen LogP contribution in [-0.2, 0) is 17.7 Å². The largest absolute Gasteiger partial charge is 0.497 e. The van der Waals surface area contributed by atoms with Gasteiger partial charge in [-0.05, 0) is 42.7 Å². The van der Waals surface area contributed by atoms with E-state index >= 15 is 0 Å². The molecule has 1 amide bonds. The topological polar surface area (TPSA) is 88.3 Å². The van der Waals surface area contributed by atoms with Crippen molar-refractivity contribution in [3.63, 3.8) is 0 Å². The molecule has 30 heavy (non-hydrogen) atoms. The van der Waals surface area contributed by atoms with E-state index in [0.29, 0.717) is 26.2 Å². The van der Waals surface area contributed by atoms with E-state index in [1.54, 1.807) is 18.3 Å². The summed E-state index contributed by atoms with van der Waals surface area (Å²) in [5.41, 5.74) is 1.10. The third-order valence-electron chi connectivity index (χ3n) is 5.09. The molecule has 1 aliphatic heterocycles. The average molecular weight is 415 g/mol. The van der Waals surface area contributed by atoms with Gasteiger partial charge in [-0.2, -0.15) is 0 Å². The smallest absolute Gasteiger partial charge is 0.409 e. The third-order valence-corrected chi connectivity index (χ3v) is 5.09. The van der Waals surface area contributed by atoms with Gasteiger partial charge in [0.25, 0.3) is 0 Å². The minimum Gasteiger partial charge on any atom is -0.497 e. The molecule has 1 fully saturated rings. The first-order valence-corrected chi connectivity index (χ1v) is 10.2. The molecule has 0 aliphatic carbocycles. The molecule has 2 heterocycles. The maximum atomic E-state index is 11.7. The molecule has 3 rings (SSSR count). The fraction of sp³-hybridized carbons (Fsp3) is 0.455. The number of nitrogens with zero attached hydrogens (tertiary/aromatic N) is 2. The van der Waals surface area contributed by atoms with E-state index in [1.165, 1.54) is 7.11 Å². The Hall–Kier alpha value is -3.16. The Labute approximate surface area is 177 Å². The van der Waals surface area contributed by atoms with E-state index in [-0.39, 0.29) is 12.1 Å². The van der Waals surface area contributed by atoms with Crippen LogP contribution < -0.4 is 15.4 Å². The molecule has 0 saturated carbocycles. The van der Waals surface area contributed by atoms with E-state index in [0.717, 1.165) is 42.3 Å². The predicted molar refractivity (Wildman–Crippen MR) is 115 cm³/mol. The third kappa shape index (κ3) is 6.43. The molecule has 0 unspecified atom stereocenters. The number of benzene rings is 1. The summed E-state index contributed by atoms with van der Waals surface area (Å²) in [6, 6.07) is 12.0. The molecule has 0 bridgehead atoms. The van der Waals surface area contributed by atoms with Crippen LogP contribution in [0.2, 0.25) is 0 Å². The van der Waals surface area contributed by atoms with Gasteiger partial charge >= 0.3 is 6.09 Å². The van der Waals surface area contributed by atoms with Gasteiger partial charge in [0.15, 0.2) is 5.96 Å². The van der Waals surface area contributed by atoms with Crippen LogP contribution in [0.5, 0.6) is 5.75 Å². The number of guanidine groups is 1. The summed E-state index contributed by atoms with van der Waals surface area (Å²) >= 11 is 0. The second kappa shape index (κ2) is 11.1. The lowest BCUT2D eigenvalue weighted by molar-refractivity contribution is 0.111. The molecule has 1 aromatic carbocycles. The van der Waals surface area contributed by atoms with Gasteiger partial charge in [0, 0.05) is 32.1 Å². The molecule has 8 heteroatoms. The van der Waals surface area contributed by atoms with E-state index < -0.39 is 0 Å². The SMILES string of the molecule is COC(=O)N1CCC(NC(=NCc2ccc(OC)cc2)NCCc2ccco2)CC1. The maximum absolute atomic E-state index is 11.7. The van der Waals surface area contributed by atoms with Crippen molar-refractivity contribution in [2.45, 2.75) is 31.8 Å². The van der Waals surface area contributed by atoms with Gasteiger partial charge < -0.3 is 29.4 Å². The van der Waals surface area contributed by atoms with E-state index in [1.807, 2.05) is 36.4 Å². The summed E-state index contributed by atoms with van der Waals surface area (Å²) in [6.45, 7) is 2.61. The van der Waals surface area contributed by atoms with E-state index in [9.17, 15) is 4.79 Å². The van der Waals surface area contributed by atoms with Crippen LogP contribution in [0.4, 0.5) is 4.79 Å². The fourth-order valence-corrected chi connectivity index (χ4v) is 3.34. The lowest BCUT2D eigenvalue weighted by Gasteiger charge is -2.32. The number of hydrogen-bond acceptors (Lipinski definition) is 5. The summed E-state index contributed by atoms with van der Waals surface area (Å²) in [5.74, 6) is 2.52. The summed E-state index contributed by atoms with van der Waals surface area (Å²) in [6.07, 6.45) is 3.88. The first kappa shape index (κ1) is 21.5. The van der Waals surface area contributed by atoms with Gasteiger partial charge in [0.05, 0.1) is 27.0 Å². The lowest BCUT2D eigenvalue weighted by Crippen LogP contribution is -2.50. The van der Waals surface area contributed by atoms with Crippen molar-refractivity contribution >= 4 is 12.1 Å². The van der Waals surface area contributed by atoms with Gasteiger partial charge in [-0.3, -0.25) is 0 Å². The van der Waals surface area contributed by atoms with Crippen LogP contribution in [0.15, 0.2) is 52.1 Å². The Morgan fingerprint density at radius 3 is 2.60 bits per heavy atom. The van der Waals surface area contributed by atoms with E-state index in [2.05, 4.69) is 10.6 Å². The van der Waals surface area contributed by atoms with Crippen LogP contribution in [0.25, 0.3) is 0 Å². The standard InChI is InChI=1S/C22H30N4O4/c1-28-19-7-5-17(6-8-19)16-24-21(23-12-9-20-4-3-15-30-20)25-18-10-13-26(14-11-18)22(27)29-2/h3-8,15,18H,9-14,16H2,1-2H3,(H2,23,24,25). The van der Waals surface area contributed by atoms with Crippen molar-refractivity contribution in [2.75, 3.05) is 33.9 Å². The number of methoxy groups -OCH3 is 2. The number of carbonyl (C=O) groups excluding carboxylic acids is 1. The Bertz CT molecular complexity index is 797. The molecule has 2 N–H and O–H groups in total. The van der Waals surface area contributed by atoms with Crippen LogP contribution in [0.1, 0.15) is 24.2 Å². The van der Waals surface area contributed by atoms with Crippen molar-refractivity contribution in [1.29, 1.82) is 0 Å². The number of nitrogens with one attached hydrogen (secondary N) is 2. The number of aliphatic imine (C=N–C) groups is 1. The van der Waals surface area contributed by atoms with E-state index in [4.69, 9.17) is 18.9 Å². The molecular weight excluding hydrogens is 384 g/mol. The first-order chi connectivity index (χ1) is 14.7. The van der Waals surface area contributed by atoms with Crippen molar-refractivity contribution in [1.82, 2.24) is 15.5 Å². The minimum atomic E-state index is -0.265. The van der Waals surface area contributed by atoms with Crippen molar-refractivity contribution in [2.24, 2.45) is 4.99 Å². The molecule has 8 nitrogen and oxygen atoms in total. The molecule has 1 saturated heterocycles. The van der Waals surface area contributed by atoms with Crippen LogP contribution in [-0.4, -0.2) is 56.8 Å². The number of amides is 1. The Kier molecular flexibility index (Phi) is 8.00. The van der Waals surface area contributed by atoms with Gasteiger partial charge in [-0.1, -0.05) is 12.1 Å². The number of piperidine rings is 1. The Morgan fingerprint density at radius 2 is 1.97 bits per heavy atom. The molecular formula is C22H30N4O4. The number of likely N-dealkylation sites (tertiary alicyclic amines) is 1. The average Bonchev–Trinajstić information content (AvgIpc) is 3.31. The zero-order valence-corrected chi connectivity index (χ0v) is 17.6. The monoisotopic (exact) mass is 414 g/mol. The predicted octanol–water partition coefficient (Wildman–Crippen LogP) is 2.80. The first-order valence-electron chi connectivity index (χ1n) is 10.2. The van der Waals surface area contributed by atoms with Crippen LogP contribution >= 0.6 is 0 Å². The Morgan fingerprint density at radius 1 is 1.20 bits per heavy atom. The van der Waals surface area contributed by atoms with Gasteiger partial charge in [-0.15, -0.1) is 0 Å². The second-order valence-electron chi connectivity index (χ2n) is 7.14. The Balaban J connectivity index is 1.57. The summed E-state index contributed by atoms with van der Waals surface area (Å²) in [4.78, 5) is 18.2.